The first-order valence-corrected chi connectivity index (χ1v) is 8.53. The quantitative estimate of drug-likeness (QED) is 0.205. The molecule has 26 heavy (non-hydrogen) atoms. The van der Waals surface area contributed by atoms with E-state index in [9.17, 15) is 4.79 Å². The molecule has 0 bridgehead atoms. The zero-order chi connectivity index (χ0) is 18.5. The van der Waals surface area contributed by atoms with Gasteiger partial charge in [0.1, 0.15) is 0 Å². The van der Waals surface area contributed by atoms with E-state index in [1.165, 1.54) is 0 Å². The second-order valence-electron chi connectivity index (χ2n) is 5.78. The van der Waals surface area contributed by atoms with Gasteiger partial charge in [-0.1, -0.05) is 12.1 Å². The molecule has 0 saturated heterocycles. The molecule has 7 nitrogen and oxygen atoms in total. The van der Waals surface area contributed by atoms with Crippen LogP contribution in [-0.2, 0) is 11.3 Å². The van der Waals surface area contributed by atoms with Crippen molar-refractivity contribution in [2.24, 2.45) is 4.99 Å². The van der Waals surface area contributed by atoms with Crippen molar-refractivity contribution in [3.8, 4) is 0 Å². The highest BCUT2D eigenvalue weighted by molar-refractivity contribution is 14.0. The average molecular weight is 477 g/mol. The molecular formula is C18H32IN5O2. The van der Waals surface area contributed by atoms with Crippen molar-refractivity contribution in [3.63, 3.8) is 0 Å². The summed E-state index contributed by atoms with van der Waals surface area (Å²) in [5.41, 5.74) is 1.68. The maximum absolute atomic E-state index is 11.7. The number of hydrogen-bond donors (Lipinski definition) is 3. The standard InChI is InChI=1S/C18H31N5O2.HI/c1-19-17(24)16-8-5-7-15(13-16)14-22-18(20-2)21-9-11-23(3)10-6-12-25-4;/h5,7-8,13H,6,9-12,14H2,1-4H3,(H,19,24)(H2,20,21,22);1H. The molecule has 0 aliphatic rings. The summed E-state index contributed by atoms with van der Waals surface area (Å²) in [6.07, 6.45) is 1.03. The number of methoxy groups -OCH3 is 1. The van der Waals surface area contributed by atoms with Crippen LogP contribution < -0.4 is 16.0 Å². The van der Waals surface area contributed by atoms with Gasteiger partial charge in [-0.25, -0.2) is 0 Å². The average Bonchev–Trinajstić information content (AvgIpc) is 2.64. The number of hydrogen-bond acceptors (Lipinski definition) is 4. The van der Waals surface area contributed by atoms with E-state index >= 15 is 0 Å². The van der Waals surface area contributed by atoms with Gasteiger partial charge in [-0.15, -0.1) is 24.0 Å². The molecule has 0 atom stereocenters. The number of halogens is 1. The Morgan fingerprint density at radius 1 is 1.27 bits per heavy atom. The molecule has 0 aliphatic carbocycles. The van der Waals surface area contributed by atoms with Crippen molar-refractivity contribution in [1.82, 2.24) is 20.9 Å². The summed E-state index contributed by atoms with van der Waals surface area (Å²) in [6, 6.07) is 7.54. The van der Waals surface area contributed by atoms with Crippen LogP contribution in [0.25, 0.3) is 0 Å². The number of aliphatic imine (C=N–C) groups is 1. The molecule has 148 valence electrons. The maximum atomic E-state index is 11.7. The van der Waals surface area contributed by atoms with Crippen LogP contribution in [0.2, 0.25) is 0 Å². The van der Waals surface area contributed by atoms with Crippen LogP contribution in [0.1, 0.15) is 22.3 Å². The smallest absolute Gasteiger partial charge is 0.251 e. The SMILES string of the molecule is CN=C(NCCN(C)CCCOC)NCc1cccc(C(=O)NC)c1.I. The Balaban J connectivity index is 0.00000625. The van der Waals surface area contributed by atoms with Crippen molar-refractivity contribution in [1.29, 1.82) is 0 Å². The predicted octanol–water partition coefficient (Wildman–Crippen LogP) is 1.30. The third-order valence-electron chi connectivity index (χ3n) is 3.77. The fraction of sp³-hybridized carbons (Fsp3) is 0.556. The summed E-state index contributed by atoms with van der Waals surface area (Å²) < 4.78 is 5.06. The Morgan fingerprint density at radius 2 is 2.04 bits per heavy atom. The van der Waals surface area contributed by atoms with Crippen LogP contribution in [0.5, 0.6) is 0 Å². The normalized spacial score (nSPS) is 11.0. The lowest BCUT2D eigenvalue weighted by Crippen LogP contribution is -2.40. The van der Waals surface area contributed by atoms with Crippen LogP contribution >= 0.6 is 24.0 Å². The first-order valence-electron chi connectivity index (χ1n) is 8.53. The molecule has 0 spiro atoms. The number of benzene rings is 1. The van der Waals surface area contributed by atoms with Gasteiger partial charge in [0.25, 0.3) is 5.91 Å². The molecule has 3 N–H and O–H groups in total. The number of rotatable bonds is 10. The van der Waals surface area contributed by atoms with Crippen LogP contribution in [0.15, 0.2) is 29.3 Å². The third-order valence-corrected chi connectivity index (χ3v) is 3.77. The molecule has 0 unspecified atom stereocenters. The molecule has 1 rings (SSSR count). The van der Waals surface area contributed by atoms with Gasteiger partial charge in [-0.3, -0.25) is 9.79 Å². The molecule has 1 amide bonds. The van der Waals surface area contributed by atoms with E-state index in [1.807, 2.05) is 18.2 Å². The van der Waals surface area contributed by atoms with Gasteiger partial charge < -0.3 is 25.6 Å². The Bertz CT molecular complexity index is 554. The molecular weight excluding hydrogens is 445 g/mol. The van der Waals surface area contributed by atoms with Crippen molar-refractivity contribution >= 4 is 35.8 Å². The van der Waals surface area contributed by atoms with Crippen molar-refractivity contribution < 1.29 is 9.53 Å². The fourth-order valence-electron chi connectivity index (χ4n) is 2.33. The van der Waals surface area contributed by atoms with Gasteiger partial charge in [-0.2, -0.15) is 0 Å². The van der Waals surface area contributed by atoms with E-state index in [1.54, 1.807) is 27.3 Å². The molecule has 8 heteroatoms. The zero-order valence-electron chi connectivity index (χ0n) is 16.2. The number of likely N-dealkylation sites (N-methyl/N-ethyl adjacent to an activating group) is 1. The van der Waals surface area contributed by atoms with Gasteiger partial charge in [0, 0.05) is 59.6 Å². The Hall–Kier alpha value is -1.39. The predicted molar refractivity (Wildman–Crippen MR) is 117 cm³/mol. The van der Waals surface area contributed by atoms with Crippen molar-refractivity contribution in [2.75, 3.05) is 54.5 Å². The summed E-state index contributed by atoms with van der Waals surface area (Å²) >= 11 is 0. The van der Waals surface area contributed by atoms with Crippen LogP contribution in [0, 0.1) is 0 Å². The lowest BCUT2D eigenvalue weighted by Gasteiger charge is -2.18. The minimum atomic E-state index is -0.0825. The highest BCUT2D eigenvalue weighted by Gasteiger charge is 2.05. The maximum Gasteiger partial charge on any atom is 0.251 e. The Kier molecular flexibility index (Phi) is 14.0. The number of carbonyl (C=O) groups excluding carboxylic acids is 1. The van der Waals surface area contributed by atoms with Crippen molar-refractivity contribution in [3.05, 3.63) is 35.4 Å². The molecule has 0 heterocycles. The molecule has 0 aromatic heterocycles. The molecule has 0 aliphatic heterocycles. The molecule has 0 fully saturated rings. The summed E-state index contributed by atoms with van der Waals surface area (Å²) in [5, 5.41) is 9.19. The van der Waals surface area contributed by atoms with E-state index in [0.717, 1.165) is 44.2 Å². The third kappa shape index (κ3) is 9.93. The summed E-state index contributed by atoms with van der Waals surface area (Å²) in [6.45, 7) is 4.14. The zero-order valence-corrected chi connectivity index (χ0v) is 18.5. The number of nitrogens with one attached hydrogen (secondary N) is 3. The number of amides is 1. The van der Waals surface area contributed by atoms with Crippen molar-refractivity contribution in [2.45, 2.75) is 13.0 Å². The summed E-state index contributed by atoms with van der Waals surface area (Å²) in [5.74, 6) is 0.663. The van der Waals surface area contributed by atoms with E-state index in [0.29, 0.717) is 12.1 Å². The molecule has 1 aromatic carbocycles. The highest BCUT2D eigenvalue weighted by Crippen LogP contribution is 2.05. The van der Waals surface area contributed by atoms with E-state index in [4.69, 9.17) is 4.74 Å². The largest absolute Gasteiger partial charge is 0.385 e. The first-order chi connectivity index (χ1) is 12.1. The van der Waals surface area contributed by atoms with Gasteiger partial charge >= 0.3 is 0 Å². The van der Waals surface area contributed by atoms with Gasteiger partial charge in [0.05, 0.1) is 0 Å². The number of guanidine groups is 1. The lowest BCUT2D eigenvalue weighted by molar-refractivity contribution is 0.0963. The minimum absolute atomic E-state index is 0. The van der Waals surface area contributed by atoms with E-state index in [2.05, 4.69) is 32.9 Å². The minimum Gasteiger partial charge on any atom is -0.385 e. The fourth-order valence-corrected chi connectivity index (χ4v) is 2.33. The molecule has 0 saturated carbocycles. The first kappa shape index (κ1) is 24.6. The summed E-state index contributed by atoms with van der Waals surface area (Å²) in [4.78, 5) is 18.2. The number of ether oxygens (including phenoxy) is 1. The monoisotopic (exact) mass is 477 g/mol. The second-order valence-corrected chi connectivity index (χ2v) is 5.78. The summed E-state index contributed by atoms with van der Waals surface area (Å²) in [7, 11) is 7.20. The van der Waals surface area contributed by atoms with Gasteiger partial charge in [0.15, 0.2) is 5.96 Å². The van der Waals surface area contributed by atoms with Crippen LogP contribution in [0.4, 0.5) is 0 Å². The van der Waals surface area contributed by atoms with Gasteiger partial charge in [-0.05, 0) is 31.2 Å². The Morgan fingerprint density at radius 3 is 2.69 bits per heavy atom. The van der Waals surface area contributed by atoms with Crippen LogP contribution in [-0.4, -0.2) is 71.3 Å². The lowest BCUT2D eigenvalue weighted by atomic mass is 10.1. The van der Waals surface area contributed by atoms with E-state index < -0.39 is 0 Å². The topological polar surface area (TPSA) is 78.0 Å². The number of nitrogens with zero attached hydrogens (tertiary/aromatic N) is 2. The Labute approximate surface area is 174 Å². The highest BCUT2D eigenvalue weighted by atomic mass is 127. The second kappa shape index (κ2) is 14.7. The van der Waals surface area contributed by atoms with E-state index in [-0.39, 0.29) is 29.9 Å². The van der Waals surface area contributed by atoms with Crippen LogP contribution in [0.3, 0.4) is 0 Å². The van der Waals surface area contributed by atoms with Gasteiger partial charge in [0.2, 0.25) is 0 Å². The molecule has 0 radical (unpaired) electrons. The number of carbonyl (C=O) groups is 1. The molecule has 1 aromatic rings.